The molecule has 0 aromatic rings. The lowest BCUT2D eigenvalue weighted by atomic mass is 9.96. The standard InChI is InChI=1S/C9H14O7.H3N/c1-2-3-16-7(12)5-9(15,8(13)14)4-6(10)11;/h15H,2-5H2,1H3,(H,10,11)(H,13,14);1H3. The number of aliphatic carboxylic acids is 2. The first kappa shape index (κ1) is 17.7. The first-order valence-corrected chi connectivity index (χ1v) is 4.65. The van der Waals surface area contributed by atoms with Crippen LogP contribution in [0.4, 0.5) is 0 Å². The molecule has 1 atom stereocenters. The number of rotatable bonds is 7. The molecule has 0 rings (SSSR count). The Balaban J connectivity index is 0. The lowest BCUT2D eigenvalue weighted by molar-refractivity contribution is -0.171. The highest BCUT2D eigenvalue weighted by atomic mass is 16.5. The number of carbonyl (C=O) groups excluding carboxylic acids is 1. The largest absolute Gasteiger partial charge is 0.481 e. The molecule has 8 heteroatoms. The molecular weight excluding hydrogens is 234 g/mol. The second-order valence-corrected chi connectivity index (χ2v) is 3.30. The Morgan fingerprint density at radius 1 is 1.18 bits per heavy atom. The van der Waals surface area contributed by atoms with E-state index in [0.29, 0.717) is 6.42 Å². The molecule has 0 aliphatic heterocycles. The highest BCUT2D eigenvalue weighted by Gasteiger charge is 2.41. The zero-order valence-electron chi connectivity index (χ0n) is 9.51. The van der Waals surface area contributed by atoms with Gasteiger partial charge in [0.25, 0.3) is 0 Å². The molecule has 6 N–H and O–H groups in total. The van der Waals surface area contributed by atoms with Gasteiger partial charge in [-0.15, -0.1) is 0 Å². The van der Waals surface area contributed by atoms with Gasteiger partial charge in [0.1, 0.15) is 0 Å². The van der Waals surface area contributed by atoms with Crippen molar-refractivity contribution in [2.45, 2.75) is 31.8 Å². The molecule has 0 aliphatic carbocycles. The number of carbonyl (C=O) groups is 3. The summed E-state index contributed by atoms with van der Waals surface area (Å²) in [4.78, 5) is 32.0. The Morgan fingerprint density at radius 3 is 2.06 bits per heavy atom. The summed E-state index contributed by atoms with van der Waals surface area (Å²) in [6, 6.07) is 0. The lowest BCUT2D eigenvalue weighted by Gasteiger charge is -2.19. The molecule has 0 spiro atoms. The molecule has 0 heterocycles. The maximum atomic E-state index is 11.1. The minimum atomic E-state index is -2.61. The van der Waals surface area contributed by atoms with Crippen LogP contribution in [0.3, 0.4) is 0 Å². The Bertz CT molecular complexity index is 291. The molecule has 0 saturated carbocycles. The summed E-state index contributed by atoms with van der Waals surface area (Å²) in [5, 5.41) is 26.5. The smallest absolute Gasteiger partial charge is 0.336 e. The maximum Gasteiger partial charge on any atom is 0.336 e. The van der Waals surface area contributed by atoms with Crippen LogP contribution in [0.2, 0.25) is 0 Å². The van der Waals surface area contributed by atoms with E-state index < -0.39 is 36.4 Å². The second-order valence-electron chi connectivity index (χ2n) is 3.30. The van der Waals surface area contributed by atoms with E-state index in [1.807, 2.05) is 0 Å². The number of hydrogen-bond donors (Lipinski definition) is 4. The third-order valence-electron chi connectivity index (χ3n) is 1.75. The maximum absolute atomic E-state index is 11.1. The number of carboxylic acids is 2. The molecular formula is C9H17NO7. The van der Waals surface area contributed by atoms with Gasteiger partial charge in [0, 0.05) is 0 Å². The molecule has 17 heavy (non-hydrogen) atoms. The first-order valence-electron chi connectivity index (χ1n) is 4.65. The Labute approximate surface area is 97.8 Å². The van der Waals surface area contributed by atoms with E-state index in [0.717, 1.165) is 0 Å². The zero-order chi connectivity index (χ0) is 12.8. The number of esters is 1. The summed E-state index contributed by atoms with van der Waals surface area (Å²) >= 11 is 0. The number of ether oxygens (including phenoxy) is 1. The van der Waals surface area contributed by atoms with Crippen LogP contribution in [0.1, 0.15) is 26.2 Å². The van der Waals surface area contributed by atoms with Gasteiger partial charge in [-0.2, -0.15) is 0 Å². The first-order chi connectivity index (χ1) is 7.31. The van der Waals surface area contributed by atoms with E-state index in [1.54, 1.807) is 6.92 Å². The Kier molecular flexibility index (Phi) is 7.90. The quantitative estimate of drug-likeness (QED) is 0.452. The number of hydrogen-bond acceptors (Lipinski definition) is 6. The van der Waals surface area contributed by atoms with E-state index >= 15 is 0 Å². The van der Waals surface area contributed by atoms with Crippen LogP contribution < -0.4 is 6.15 Å². The zero-order valence-corrected chi connectivity index (χ0v) is 9.51. The second kappa shape index (κ2) is 7.58. The monoisotopic (exact) mass is 251 g/mol. The summed E-state index contributed by atoms with van der Waals surface area (Å²) in [6.45, 7) is 1.84. The molecule has 100 valence electrons. The molecule has 0 amide bonds. The van der Waals surface area contributed by atoms with Crippen LogP contribution in [0.5, 0.6) is 0 Å². The third-order valence-corrected chi connectivity index (χ3v) is 1.75. The topological polar surface area (TPSA) is 156 Å². The van der Waals surface area contributed by atoms with E-state index in [4.69, 9.17) is 10.2 Å². The summed E-state index contributed by atoms with van der Waals surface area (Å²) in [6.07, 6.45) is -1.38. The van der Waals surface area contributed by atoms with Crippen LogP contribution in [-0.2, 0) is 19.1 Å². The average molecular weight is 251 g/mol. The van der Waals surface area contributed by atoms with Crippen molar-refractivity contribution < 1.29 is 34.4 Å². The van der Waals surface area contributed by atoms with Gasteiger partial charge >= 0.3 is 17.9 Å². The van der Waals surface area contributed by atoms with Gasteiger partial charge in [-0.3, -0.25) is 9.59 Å². The lowest BCUT2D eigenvalue weighted by Crippen LogP contribution is -2.43. The summed E-state index contributed by atoms with van der Waals surface area (Å²) in [5.74, 6) is -4.20. The molecule has 1 unspecified atom stereocenters. The van der Waals surface area contributed by atoms with Gasteiger partial charge in [-0.25, -0.2) is 4.79 Å². The molecule has 0 bridgehead atoms. The van der Waals surface area contributed by atoms with Crippen molar-refractivity contribution in [3.05, 3.63) is 0 Å². The normalized spacial score (nSPS) is 13.1. The summed E-state index contributed by atoms with van der Waals surface area (Å²) in [7, 11) is 0. The third kappa shape index (κ3) is 6.48. The molecule has 0 saturated heterocycles. The van der Waals surface area contributed by atoms with E-state index in [2.05, 4.69) is 4.74 Å². The van der Waals surface area contributed by atoms with Gasteiger partial charge in [0.2, 0.25) is 0 Å². The van der Waals surface area contributed by atoms with Crippen molar-refractivity contribution in [2.24, 2.45) is 0 Å². The summed E-state index contributed by atoms with van der Waals surface area (Å²) in [5.41, 5.74) is -2.61. The van der Waals surface area contributed by atoms with E-state index in [-0.39, 0.29) is 12.8 Å². The van der Waals surface area contributed by atoms with Gasteiger partial charge in [0.05, 0.1) is 19.4 Å². The molecule has 0 aliphatic rings. The van der Waals surface area contributed by atoms with Crippen molar-refractivity contribution in [3.8, 4) is 0 Å². The Morgan fingerprint density at radius 2 is 1.71 bits per heavy atom. The van der Waals surface area contributed by atoms with Crippen molar-refractivity contribution >= 4 is 17.9 Å². The van der Waals surface area contributed by atoms with Crippen molar-refractivity contribution in [1.82, 2.24) is 6.15 Å². The SMILES string of the molecule is CCCOC(=O)CC(O)(CC(=O)O)C(=O)O.N. The number of carboxylic acid groups (broad SMARTS) is 2. The van der Waals surface area contributed by atoms with Crippen LogP contribution in [-0.4, -0.2) is 45.4 Å². The molecule has 8 nitrogen and oxygen atoms in total. The van der Waals surface area contributed by atoms with Crippen LogP contribution >= 0.6 is 0 Å². The van der Waals surface area contributed by atoms with Crippen molar-refractivity contribution in [3.63, 3.8) is 0 Å². The van der Waals surface area contributed by atoms with Crippen LogP contribution in [0.25, 0.3) is 0 Å². The Hall–Kier alpha value is -1.67. The average Bonchev–Trinajstić information content (AvgIpc) is 2.12. The predicted molar refractivity (Wildman–Crippen MR) is 55.7 cm³/mol. The van der Waals surface area contributed by atoms with E-state index in [1.165, 1.54) is 0 Å². The molecule has 0 radical (unpaired) electrons. The molecule has 0 aromatic carbocycles. The fourth-order valence-electron chi connectivity index (χ4n) is 0.970. The molecule has 0 aromatic heterocycles. The molecule has 0 fully saturated rings. The minimum Gasteiger partial charge on any atom is -0.481 e. The highest BCUT2D eigenvalue weighted by molar-refractivity contribution is 5.88. The van der Waals surface area contributed by atoms with Gasteiger partial charge in [-0.1, -0.05) is 6.92 Å². The summed E-state index contributed by atoms with van der Waals surface area (Å²) < 4.78 is 4.56. The van der Waals surface area contributed by atoms with E-state index in [9.17, 15) is 19.5 Å². The fourth-order valence-corrected chi connectivity index (χ4v) is 0.970. The minimum absolute atomic E-state index is 0. The fraction of sp³-hybridized carbons (Fsp3) is 0.667. The van der Waals surface area contributed by atoms with Crippen LogP contribution in [0.15, 0.2) is 0 Å². The van der Waals surface area contributed by atoms with Crippen molar-refractivity contribution in [2.75, 3.05) is 6.61 Å². The van der Waals surface area contributed by atoms with Gasteiger partial charge < -0.3 is 26.2 Å². The number of aliphatic hydroxyl groups is 1. The predicted octanol–water partition coefficient (Wildman–Crippen LogP) is -0.218. The highest BCUT2D eigenvalue weighted by Crippen LogP contribution is 2.16. The van der Waals surface area contributed by atoms with Gasteiger partial charge in [0.15, 0.2) is 5.60 Å². The van der Waals surface area contributed by atoms with Crippen molar-refractivity contribution in [1.29, 1.82) is 0 Å². The van der Waals surface area contributed by atoms with Crippen LogP contribution in [0, 0.1) is 0 Å². The van der Waals surface area contributed by atoms with Gasteiger partial charge in [-0.05, 0) is 6.42 Å².